The number of aryl methyl sites for hydroxylation is 1. The van der Waals surface area contributed by atoms with Gasteiger partial charge in [-0.1, -0.05) is 0 Å². The van der Waals surface area contributed by atoms with Gasteiger partial charge < -0.3 is 10.1 Å². The van der Waals surface area contributed by atoms with E-state index in [2.05, 4.69) is 10.4 Å². The highest BCUT2D eigenvalue weighted by Gasteiger charge is 2.53. The number of carbonyl (C=O) groups is 1. The van der Waals surface area contributed by atoms with Gasteiger partial charge in [-0.3, -0.25) is 9.48 Å². The van der Waals surface area contributed by atoms with Gasteiger partial charge in [0.25, 0.3) is 0 Å². The SMILES string of the molecule is Cc1nn(C(C)C)cc1NC(=O)C1CC(C)OC1C(F)(F)F. The molecule has 8 heteroatoms. The van der Waals surface area contributed by atoms with Gasteiger partial charge in [0.2, 0.25) is 5.91 Å². The Morgan fingerprint density at radius 3 is 2.64 bits per heavy atom. The summed E-state index contributed by atoms with van der Waals surface area (Å²) < 4.78 is 45.4. The third-order valence-corrected chi connectivity index (χ3v) is 3.69. The molecule has 0 bridgehead atoms. The predicted octanol–water partition coefficient (Wildman–Crippen LogP) is 3.07. The van der Waals surface area contributed by atoms with Crippen LogP contribution in [0.2, 0.25) is 0 Å². The maximum Gasteiger partial charge on any atom is 0.415 e. The van der Waals surface area contributed by atoms with Crippen LogP contribution >= 0.6 is 0 Å². The minimum atomic E-state index is -4.55. The zero-order chi connectivity index (χ0) is 16.7. The topological polar surface area (TPSA) is 56.2 Å². The van der Waals surface area contributed by atoms with Crippen molar-refractivity contribution in [1.29, 1.82) is 0 Å². The highest BCUT2D eigenvalue weighted by molar-refractivity contribution is 5.93. The van der Waals surface area contributed by atoms with E-state index >= 15 is 0 Å². The lowest BCUT2D eigenvalue weighted by atomic mass is 9.98. The summed E-state index contributed by atoms with van der Waals surface area (Å²) in [4.78, 5) is 12.2. The fourth-order valence-corrected chi connectivity index (χ4v) is 2.53. The average molecular weight is 319 g/mol. The van der Waals surface area contributed by atoms with Gasteiger partial charge >= 0.3 is 6.18 Å². The maximum atomic E-state index is 13.0. The Hall–Kier alpha value is -1.57. The summed E-state index contributed by atoms with van der Waals surface area (Å²) in [5.41, 5.74) is 0.997. The molecule has 1 amide bonds. The van der Waals surface area contributed by atoms with Crippen molar-refractivity contribution >= 4 is 11.6 Å². The number of nitrogens with zero attached hydrogens (tertiary/aromatic N) is 2. The van der Waals surface area contributed by atoms with E-state index in [0.29, 0.717) is 11.4 Å². The number of amides is 1. The second-order valence-corrected chi connectivity index (χ2v) is 5.94. The first-order chi connectivity index (χ1) is 10.1. The van der Waals surface area contributed by atoms with Gasteiger partial charge in [-0.05, 0) is 34.1 Å². The molecule has 22 heavy (non-hydrogen) atoms. The number of hydrogen-bond donors (Lipinski definition) is 1. The predicted molar refractivity (Wildman–Crippen MR) is 74.5 cm³/mol. The van der Waals surface area contributed by atoms with Gasteiger partial charge in [-0.2, -0.15) is 18.3 Å². The third kappa shape index (κ3) is 3.43. The highest BCUT2D eigenvalue weighted by atomic mass is 19.4. The molecule has 5 nitrogen and oxygen atoms in total. The van der Waals surface area contributed by atoms with E-state index in [4.69, 9.17) is 4.74 Å². The summed E-state index contributed by atoms with van der Waals surface area (Å²) in [6.07, 6.45) is -5.53. The van der Waals surface area contributed by atoms with Crippen molar-refractivity contribution in [2.24, 2.45) is 5.92 Å². The minimum Gasteiger partial charge on any atom is -0.365 e. The van der Waals surface area contributed by atoms with Crippen molar-refractivity contribution in [3.63, 3.8) is 0 Å². The summed E-state index contributed by atoms with van der Waals surface area (Å²) in [5.74, 6) is -1.92. The highest BCUT2D eigenvalue weighted by Crippen LogP contribution is 2.38. The molecule has 3 atom stereocenters. The van der Waals surface area contributed by atoms with E-state index in [9.17, 15) is 18.0 Å². The molecule has 0 aliphatic carbocycles. The molecule has 1 aliphatic heterocycles. The van der Waals surface area contributed by atoms with E-state index in [1.165, 1.54) is 6.92 Å². The zero-order valence-electron chi connectivity index (χ0n) is 12.9. The monoisotopic (exact) mass is 319 g/mol. The lowest BCUT2D eigenvalue weighted by Crippen LogP contribution is -2.39. The molecule has 1 saturated heterocycles. The third-order valence-electron chi connectivity index (χ3n) is 3.69. The van der Waals surface area contributed by atoms with Crippen molar-refractivity contribution in [3.05, 3.63) is 11.9 Å². The summed E-state index contributed by atoms with van der Waals surface area (Å²) in [6, 6.07) is 0.0992. The number of hydrogen-bond acceptors (Lipinski definition) is 3. The van der Waals surface area contributed by atoms with Gasteiger partial charge in [0.1, 0.15) is 0 Å². The fourth-order valence-electron chi connectivity index (χ4n) is 2.53. The van der Waals surface area contributed by atoms with E-state index in [0.717, 1.165) is 0 Å². The van der Waals surface area contributed by atoms with Gasteiger partial charge in [0.05, 0.1) is 23.4 Å². The van der Waals surface area contributed by atoms with Crippen molar-refractivity contribution < 1.29 is 22.7 Å². The van der Waals surface area contributed by atoms with Crippen LogP contribution in [0.5, 0.6) is 0 Å². The molecular formula is C14H20F3N3O2. The van der Waals surface area contributed by atoms with Crippen LogP contribution in [0.1, 0.15) is 38.9 Å². The summed E-state index contributed by atoms with van der Waals surface area (Å²) in [6.45, 7) is 7.08. The Labute approximate surface area is 126 Å². The lowest BCUT2D eigenvalue weighted by Gasteiger charge is -2.20. The van der Waals surface area contributed by atoms with E-state index in [1.807, 2.05) is 13.8 Å². The number of nitrogens with one attached hydrogen (secondary N) is 1. The van der Waals surface area contributed by atoms with Crippen molar-refractivity contribution in [1.82, 2.24) is 9.78 Å². The van der Waals surface area contributed by atoms with Crippen molar-refractivity contribution in [3.8, 4) is 0 Å². The smallest absolute Gasteiger partial charge is 0.365 e. The molecule has 2 rings (SSSR count). The molecule has 124 valence electrons. The van der Waals surface area contributed by atoms with Crippen LogP contribution in [0.25, 0.3) is 0 Å². The molecule has 1 aromatic heterocycles. The Morgan fingerprint density at radius 1 is 1.50 bits per heavy atom. The molecule has 3 unspecified atom stereocenters. The quantitative estimate of drug-likeness (QED) is 0.931. The van der Waals surface area contributed by atoms with E-state index in [1.54, 1.807) is 17.8 Å². The second kappa shape index (κ2) is 5.91. The van der Waals surface area contributed by atoms with Gasteiger partial charge in [0.15, 0.2) is 6.10 Å². The number of carbonyl (C=O) groups excluding carboxylic acids is 1. The largest absolute Gasteiger partial charge is 0.415 e. The standard InChI is InChI=1S/C14H20F3N3O2/c1-7(2)20-6-11(9(4)19-20)18-13(21)10-5-8(3)22-12(10)14(15,16)17/h6-8,10,12H,5H2,1-4H3,(H,18,21). The number of ether oxygens (including phenoxy) is 1. The Morgan fingerprint density at radius 2 is 2.14 bits per heavy atom. The minimum absolute atomic E-state index is 0.0490. The van der Waals surface area contributed by atoms with Gasteiger partial charge in [0, 0.05) is 12.2 Å². The number of alkyl halides is 3. The molecule has 0 aromatic carbocycles. The van der Waals surface area contributed by atoms with Crippen molar-refractivity contribution in [2.45, 2.75) is 58.5 Å². The normalized spacial score (nSPS) is 25.7. The van der Waals surface area contributed by atoms with Crippen molar-refractivity contribution in [2.75, 3.05) is 5.32 Å². The van der Waals surface area contributed by atoms with Crippen LogP contribution in [0.3, 0.4) is 0 Å². The zero-order valence-corrected chi connectivity index (χ0v) is 12.9. The molecule has 0 saturated carbocycles. The second-order valence-electron chi connectivity index (χ2n) is 5.94. The molecule has 1 N–H and O–H groups in total. The molecular weight excluding hydrogens is 299 g/mol. The maximum absolute atomic E-state index is 13.0. The van der Waals surface area contributed by atoms with E-state index in [-0.39, 0.29) is 12.5 Å². The molecule has 0 spiro atoms. The first kappa shape index (κ1) is 16.8. The average Bonchev–Trinajstić information content (AvgIpc) is 2.93. The number of halogens is 3. The number of rotatable bonds is 3. The Balaban J connectivity index is 2.14. The van der Waals surface area contributed by atoms with Crippen LogP contribution in [-0.2, 0) is 9.53 Å². The van der Waals surface area contributed by atoms with Crippen LogP contribution < -0.4 is 5.32 Å². The Kier molecular flexibility index (Phi) is 4.51. The summed E-state index contributed by atoms with van der Waals surface area (Å²) in [7, 11) is 0. The van der Waals surface area contributed by atoms with Crippen LogP contribution in [0.15, 0.2) is 6.20 Å². The summed E-state index contributed by atoms with van der Waals surface area (Å²) >= 11 is 0. The fraction of sp³-hybridized carbons (Fsp3) is 0.714. The molecule has 0 radical (unpaired) electrons. The van der Waals surface area contributed by atoms with Gasteiger partial charge in [-0.15, -0.1) is 0 Å². The summed E-state index contributed by atoms with van der Waals surface area (Å²) in [5, 5.41) is 6.77. The van der Waals surface area contributed by atoms with E-state index < -0.39 is 30.2 Å². The molecule has 1 aliphatic rings. The first-order valence-electron chi connectivity index (χ1n) is 7.18. The van der Waals surface area contributed by atoms with Crippen LogP contribution in [0.4, 0.5) is 18.9 Å². The van der Waals surface area contributed by atoms with Crippen LogP contribution in [0, 0.1) is 12.8 Å². The van der Waals surface area contributed by atoms with Gasteiger partial charge in [-0.25, -0.2) is 0 Å². The lowest BCUT2D eigenvalue weighted by molar-refractivity contribution is -0.222. The Bertz CT molecular complexity index is 554. The first-order valence-corrected chi connectivity index (χ1v) is 7.18. The molecule has 1 aromatic rings. The van der Waals surface area contributed by atoms with Crippen LogP contribution in [-0.4, -0.2) is 34.1 Å². The number of aromatic nitrogens is 2. The molecule has 1 fully saturated rings. The molecule has 2 heterocycles. The number of anilines is 1.